The maximum Gasteiger partial charge on any atom is 0.335 e. The van der Waals surface area contributed by atoms with Gasteiger partial charge in [-0.2, -0.15) is 0 Å². The van der Waals surface area contributed by atoms with Crippen LogP contribution in [0.15, 0.2) is 72.3 Å². The van der Waals surface area contributed by atoms with E-state index < -0.39 is 17.8 Å². The average molecular weight is 461 g/mol. The van der Waals surface area contributed by atoms with E-state index in [1.807, 2.05) is 32.0 Å². The van der Waals surface area contributed by atoms with Crippen LogP contribution in [0.4, 0.5) is 10.5 Å². The highest BCUT2D eigenvalue weighted by Gasteiger charge is 2.37. The van der Waals surface area contributed by atoms with Gasteiger partial charge in [-0.05, 0) is 66.9 Å². The number of carbonyl (C=O) groups is 3. The van der Waals surface area contributed by atoms with Crippen molar-refractivity contribution in [1.29, 1.82) is 0 Å². The first-order valence-electron chi connectivity index (χ1n) is 10.3. The number of barbiturate groups is 1. The van der Waals surface area contributed by atoms with E-state index in [0.717, 1.165) is 21.6 Å². The number of rotatable bonds is 5. The second-order valence-electron chi connectivity index (χ2n) is 7.68. The SMILES string of the molecule is Cc1ccc(N2C(=O)NC(=O)/C(=C\c3ccccc3OCc3cccc(Cl)c3)C2=O)cc1C. The third kappa shape index (κ3) is 4.81. The van der Waals surface area contributed by atoms with Crippen LogP contribution in [0.2, 0.25) is 5.02 Å². The minimum atomic E-state index is -0.782. The first-order chi connectivity index (χ1) is 15.8. The van der Waals surface area contributed by atoms with Crippen molar-refractivity contribution in [2.24, 2.45) is 0 Å². The molecule has 33 heavy (non-hydrogen) atoms. The molecule has 4 rings (SSSR count). The molecule has 3 aromatic carbocycles. The quantitative estimate of drug-likeness (QED) is 0.419. The number of aryl methyl sites for hydroxylation is 2. The molecule has 0 saturated carbocycles. The number of halogens is 1. The van der Waals surface area contributed by atoms with Crippen LogP contribution in [-0.4, -0.2) is 17.8 Å². The second-order valence-corrected chi connectivity index (χ2v) is 8.12. The molecule has 0 radical (unpaired) electrons. The molecule has 0 aromatic heterocycles. The molecule has 6 nitrogen and oxygen atoms in total. The van der Waals surface area contributed by atoms with Gasteiger partial charge in [-0.25, -0.2) is 9.69 Å². The summed E-state index contributed by atoms with van der Waals surface area (Å²) in [5, 5.41) is 2.85. The molecule has 166 valence electrons. The normalized spacial score (nSPS) is 15.1. The predicted molar refractivity (Wildman–Crippen MR) is 127 cm³/mol. The minimum absolute atomic E-state index is 0.161. The first kappa shape index (κ1) is 22.3. The van der Waals surface area contributed by atoms with E-state index in [1.54, 1.807) is 48.5 Å². The van der Waals surface area contributed by atoms with Crippen LogP contribution in [-0.2, 0) is 16.2 Å². The van der Waals surface area contributed by atoms with E-state index >= 15 is 0 Å². The Balaban J connectivity index is 1.65. The fourth-order valence-electron chi connectivity index (χ4n) is 3.43. The Morgan fingerprint density at radius 2 is 1.73 bits per heavy atom. The van der Waals surface area contributed by atoms with E-state index in [1.165, 1.54) is 6.08 Å². The zero-order chi connectivity index (χ0) is 23.5. The molecule has 1 saturated heterocycles. The van der Waals surface area contributed by atoms with Gasteiger partial charge in [-0.15, -0.1) is 0 Å². The number of hydrogen-bond acceptors (Lipinski definition) is 4. The van der Waals surface area contributed by atoms with Crippen molar-refractivity contribution in [2.45, 2.75) is 20.5 Å². The van der Waals surface area contributed by atoms with Crippen molar-refractivity contribution in [2.75, 3.05) is 4.90 Å². The van der Waals surface area contributed by atoms with Crippen LogP contribution in [0.3, 0.4) is 0 Å². The van der Waals surface area contributed by atoms with Gasteiger partial charge in [-0.3, -0.25) is 14.9 Å². The summed E-state index contributed by atoms with van der Waals surface area (Å²) in [6.45, 7) is 4.08. The lowest BCUT2D eigenvalue weighted by Gasteiger charge is -2.27. The second kappa shape index (κ2) is 9.30. The maximum absolute atomic E-state index is 13.2. The highest BCUT2D eigenvalue weighted by Crippen LogP contribution is 2.27. The number of carbonyl (C=O) groups excluding carboxylic acids is 3. The first-order valence-corrected chi connectivity index (χ1v) is 10.7. The average Bonchev–Trinajstić information content (AvgIpc) is 2.78. The van der Waals surface area contributed by atoms with Crippen LogP contribution in [0.5, 0.6) is 5.75 Å². The largest absolute Gasteiger partial charge is 0.488 e. The molecule has 1 N–H and O–H groups in total. The summed E-state index contributed by atoms with van der Waals surface area (Å²) >= 11 is 6.03. The van der Waals surface area contributed by atoms with Gasteiger partial charge < -0.3 is 4.74 Å². The summed E-state index contributed by atoms with van der Waals surface area (Å²) in [7, 11) is 0. The van der Waals surface area contributed by atoms with E-state index in [2.05, 4.69) is 5.32 Å². The molecule has 1 fully saturated rings. The van der Waals surface area contributed by atoms with Gasteiger partial charge >= 0.3 is 6.03 Å². The van der Waals surface area contributed by atoms with Gasteiger partial charge in [0.15, 0.2) is 0 Å². The number of urea groups is 1. The lowest BCUT2D eigenvalue weighted by atomic mass is 10.0. The molecule has 1 aliphatic heterocycles. The predicted octanol–water partition coefficient (Wildman–Crippen LogP) is 5.20. The minimum Gasteiger partial charge on any atom is -0.488 e. The molecule has 4 amide bonds. The van der Waals surface area contributed by atoms with E-state index in [-0.39, 0.29) is 12.2 Å². The van der Waals surface area contributed by atoms with E-state index in [0.29, 0.717) is 22.0 Å². The van der Waals surface area contributed by atoms with Crippen molar-refractivity contribution in [1.82, 2.24) is 5.32 Å². The molecular weight excluding hydrogens is 440 g/mol. The van der Waals surface area contributed by atoms with Crippen molar-refractivity contribution in [3.63, 3.8) is 0 Å². The molecule has 7 heteroatoms. The number of para-hydroxylation sites is 1. The fourth-order valence-corrected chi connectivity index (χ4v) is 3.64. The zero-order valence-electron chi connectivity index (χ0n) is 18.1. The van der Waals surface area contributed by atoms with Crippen LogP contribution < -0.4 is 15.0 Å². The number of hydrogen-bond donors (Lipinski definition) is 1. The molecule has 1 aliphatic rings. The standard InChI is InChI=1S/C26H21ClN2O4/c1-16-10-11-21(12-17(16)2)29-25(31)22(24(30)28-26(29)32)14-19-7-3-4-9-23(19)33-15-18-6-5-8-20(27)13-18/h3-14H,15H2,1-2H3,(H,28,30,32)/b22-14+. The van der Waals surface area contributed by atoms with Crippen LogP contribution in [0.25, 0.3) is 6.08 Å². The monoisotopic (exact) mass is 460 g/mol. The Hall–Kier alpha value is -3.90. The summed E-state index contributed by atoms with van der Waals surface area (Å²) in [5.41, 5.74) is 3.60. The highest BCUT2D eigenvalue weighted by atomic mass is 35.5. The van der Waals surface area contributed by atoms with Gasteiger partial charge in [0.1, 0.15) is 17.9 Å². The number of amides is 4. The maximum atomic E-state index is 13.2. The third-order valence-corrected chi connectivity index (χ3v) is 5.59. The van der Waals surface area contributed by atoms with Crippen LogP contribution >= 0.6 is 11.6 Å². The Labute approximate surface area is 196 Å². The van der Waals surface area contributed by atoms with Crippen molar-refractivity contribution in [3.8, 4) is 5.75 Å². The number of ether oxygens (including phenoxy) is 1. The smallest absolute Gasteiger partial charge is 0.335 e. The molecule has 0 atom stereocenters. The van der Waals surface area contributed by atoms with Crippen molar-refractivity contribution in [3.05, 3.63) is 99.6 Å². The number of nitrogens with one attached hydrogen (secondary N) is 1. The number of benzene rings is 3. The molecule has 3 aromatic rings. The van der Waals surface area contributed by atoms with E-state index in [9.17, 15) is 14.4 Å². The van der Waals surface area contributed by atoms with Crippen molar-refractivity contribution >= 4 is 41.2 Å². The summed E-state index contributed by atoms with van der Waals surface area (Å²) in [6, 6.07) is 18.8. The lowest BCUT2D eigenvalue weighted by molar-refractivity contribution is -0.122. The van der Waals surface area contributed by atoms with Gasteiger partial charge in [0.2, 0.25) is 0 Å². The summed E-state index contributed by atoms with van der Waals surface area (Å²) < 4.78 is 5.92. The number of nitrogens with zero attached hydrogens (tertiary/aromatic N) is 1. The zero-order valence-corrected chi connectivity index (χ0v) is 18.8. The molecule has 0 unspecified atom stereocenters. The van der Waals surface area contributed by atoms with Gasteiger partial charge in [-0.1, -0.05) is 48.0 Å². The van der Waals surface area contributed by atoms with Crippen LogP contribution in [0, 0.1) is 13.8 Å². The Kier molecular flexibility index (Phi) is 6.29. The highest BCUT2D eigenvalue weighted by molar-refractivity contribution is 6.39. The molecule has 0 bridgehead atoms. The Morgan fingerprint density at radius 1 is 0.939 bits per heavy atom. The summed E-state index contributed by atoms with van der Waals surface area (Å²) in [4.78, 5) is 39.2. The van der Waals surface area contributed by atoms with Gasteiger partial charge in [0.25, 0.3) is 11.8 Å². The summed E-state index contributed by atoms with van der Waals surface area (Å²) in [5.74, 6) is -0.966. The van der Waals surface area contributed by atoms with E-state index in [4.69, 9.17) is 16.3 Å². The molecule has 0 spiro atoms. The number of imide groups is 2. The molecular formula is C26H21ClN2O4. The number of anilines is 1. The topological polar surface area (TPSA) is 75.7 Å². The molecule has 0 aliphatic carbocycles. The van der Waals surface area contributed by atoms with Crippen molar-refractivity contribution < 1.29 is 19.1 Å². The van der Waals surface area contributed by atoms with Gasteiger partial charge in [0.05, 0.1) is 5.69 Å². The van der Waals surface area contributed by atoms with Gasteiger partial charge in [0, 0.05) is 10.6 Å². The lowest BCUT2D eigenvalue weighted by Crippen LogP contribution is -2.54. The van der Waals surface area contributed by atoms with Crippen LogP contribution in [0.1, 0.15) is 22.3 Å². The Morgan fingerprint density at radius 3 is 2.48 bits per heavy atom. The third-order valence-electron chi connectivity index (χ3n) is 5.35. The Bertz CT molecular complexity index is 1300. The molecule has 1 heterocycles. The summed E-state index contributed by atoms with van der Waals surface area (Å²) in [6.07, 6.45) is 1.44. The fraction of sp³-hybridized carbons (Fsp3) is 0.115.